The second-order valence-corrected chi connectivity index (χ2v) is 4.59. The Labute approximate surface area is 103 Å². The van der Waals surface area contributed by atoms with Gasteiger partial charge >= 0.3 is 0 Å². The zero-order valence-corrected chi connectivity index (χ0v) is 10.3. The number of carbonyl (C=O) groups excluding carboxylic acids is 1. The number of nitrogens with zero attached hydrogens (tertiary/aromatic N) is 1. The number of alkyl halides is 1. The molecule has 1 heterocycles. The topological polar surface area (TPSA) is 30.0 Å². The summed E-state index contributed by atoms with van der Waals surface area (Å²) in [6.07, 6.45) is 0. The van der Waals surface area contributed by atoms with Gasteiger partial charge in [-0.3, -0.25) is 4.79 Å². The lowest BCUT2D eigenvalue weighted by Crippen LogP contribution is -1.98. The summed E-state index contributed by atoms with van der Waals surface area (Å²) in [6.45, 7) is 2.03. The number of aryl methyl sites for hydroxylation is 1. The lowest BCUT2D eigenvalue weighted by Gasteiger charge is -1.96. The maximum absolute atomic E-state index is 11.3. The highest BCUT2D eigenvalue weighted by Gasteiger charge is 2.10. The largest absolute Gasteiger partial charge is 0.290 e. The van der Waals surface area contributed by atoms with Crippen molar-refractivity contribution in [3.05, 3.63) is 40.2 Å². The van der Waals surface area contributed by atoms with Gasteiger partial charge in [-0.1, -0.05) is 29.8 Å². The van der Waals surface area contributed by atoms with Crippen LogP contribution in [0.2, 0.25) is 0 Å². The quantitative estimate of drug-likeness (QED) is 0.617. The molecule has 0 bridgehead atoms. The van der Waals surface area contributed by atoms with E-state index in [1.165, 1.54) is 16.9 Å². The van der Waals surface area contributed by atoms with Crippen LogP contribution in [0.4, 0.5) is 0 Å². The molecule has 0 fully saturated rings. The Kier molecular flexibility index (Phi) is 3.36. The highest BCUT2D eigenvalue weighted by molar-refractivity contribution is 7.12. The molecule has 0 aliphatic rings. The lowest BCUT2D eigenvalue weighted by molar-refractivity contribution is 0.102. The van der Waals surface area contributed by atoms with Gasteiger partial charge in [-0.05, 0) is 6.92 Å². The van der Waals surface area contributed by atoms with Crippen LogP contribution in [-0.4, -0.2) is 16.6 Å². The maximum atomic E-state index is 11.3. The molecular formula is C12H10ClNOS. The van der Waals surface area contributed by atoms with Crippen molar-refractivity contribution in [1.82, 2.24) is 4.98 Å². The van der Waals surface area contributed by atoms with E-state index in [4.69, 9.17) is 11.6 Å². The summed E-state index contributed by atoms with van der Waals surface area (Å²) < 4.78 is 0. The first-order valence-corrected chi connectivity index (χ1v) is 6.24. The van der Waals surface area contributed by atoms with Crippen molar-refractivity contribution in [1.29, 1.82) is 0 Å². The van der Waals surface area contributed by atoms with Gasteiger partial charge in [-0.2, -0.15) is 0 Å². The van der Waals surface area contributed by atoms with Crippen molar-refractivity contribution in [2.24, 2.45) is 0 Å². The Hall–Kier alpha value is -1.19. The minimum atomic E-state index is -0.120. The average Bonchev–Trinajstić information content (AvgIpc) is 2.78. The number of ketones is 1. The van der Waals surface area contributed by atoms with Crippen LogP contribution in [0.1, 0.15) is 15.4 Å². The Balaban J connectivity index is 2.31. The molecule has 0 spiro atoms. The number of aromatic nitrogens is 1. The molecule has 1 aromatic heterocycles. The molecule has 0 unspecified atom stereocenters. The molecule has 2 aromatic rings. The first kappa shape index (κ1) is 11.3. The number of hydrogen-bond donors (Lipinski definition) is 0. The zero-order chi connectivity index (χ0) is 11.5. The van der Waals surface area contributed by atoms with E-state index in [-0.39, 0.29) is 11.7 Å². The van der Waals surface area contributed by atoms with Crippen LogP contribution in [0.3, 0.4) is 0 Å². The molecule has 0 N–H and O–H groups in total. The van der Waals surface area contributed by atoms with Gasteiger partial charge in [-0.15, -0.1) is 22.9 Å². The molecule has 0 saturated heterocycles. The normalized spacial score (nSPS) is 10.4. The third-order valence-electron chi connectivity index (χ3n) is 2.21. The van der Waals surface area contributed by atoms with E-state index in [1.54, 1.807) is 0 Å². The second-order valence-electron chi connectivity index (χ2n) is 3.46. The molecule has 82 valence electrons. The van der Waals surface area contributed by atoms with Crippen LogP contribution >= 0.6 is 22.9 Å². The minimum Gasteiger partial charge on any atom is -0.290 e. The molecular weight excluding hydrogens is 242 g/mol. The van der Waals surface area contributed by atoms with Crippen LogP contribution in [0, 0.1) is 6.92 Å². The summed E-state index contributed by atoms with van der Waals surface area (Å²) in [7, 11) is 0. The van der Waals surface area contributed by atoms with Gasteiger partial charge in [0.1, 0.15) is 0 Å². The Bertz CT molecular complexity index is 504. The smallest absolute Gasteiger partial charge is 0.206 e. The van der Waals surface area contributed by atoms with Gasteiger partial charge in [0, 0.05) is 10.9 Å². The molecule has 0 saturated carbocycles. The predicted octanol–water partition coefficient (Wildman–Crippen LogP) is 3.54. The van der Waals surface area contributed by atoms with E-state index in [0.29, 0.717) is 5.01 Å². The van der Waals surface area contributed by atoms with Crippen LogP contribution in [-0.2, 0) is 0 Å². The van der Waals surface area contributed by atoms with Gasteiger partial charge in [0.05, 0.1) is 11.6 Å². The maximum Gasteiger partial charge on any atom is 0.206 e. The number of Topliss-reactive ketones (excluding diaryl/α,β-unsaturated/α-hetero) is 1. The van der Waals surface area contributed by atoms with E-state index in [0.717, 1.165) is 11.3 Å². The molecule has 0 aliphatic carbocycles. The lowest BCUT2D eigenvalue weighted by atomic mass is 10.1. The van der Waals surface area contributed by atoms with Gasteiger partial charge < -0.3 is 0 Å². The van der Waals surface area contributed by atoms with E-state index < -0.39 is 0 Å². The standard InChI is InChI=1S/C12H10ClNOS/c1-8-2-4-9(5-3-8)10-7-16-12(14-10)11(15)6-13/h2-5,7H,6H2,1H3. The van der Waals surface area contributed by atoms with Crippen molar-refractivity contribution in [3.8, 4) is 11.3 Å². The zero-order valence-electron chi connectivity index (χ0n) is 8.74. The molecule has 16 heavy (non-hydrogen) atoms. The van der Waals surface area contributed by atoms with Crippen molar-refractivity contribution < 1.29 is 4.79 Å². The molecule has 0 aliphatic heterocycles. The van der Waals surface area contributed by atoms with E-state index >= 15 is 0 Å². The monoisotopic (exact) mass is 251 g/mol. The summed E-state index contributed by atoms with van der Waals surface area (Å²) in [5.74, 6) is -0.133. The summed E-state index contributed by atoms with van der Waals surface area (Å²) in [4.78, 5) is 15.6. The molecule has 2 rings (SSSR count). The molecule has 4 heteroatoms. The number of carbonyl (C=O) groups is 1. The van der Waals surface area contributed by atoms with Crippen molar-refractivity contribution in [2.45, 2.75) is 6.92 Å². The van der Waals surface area contributed by atoms with Gasteiger partial charge in [0.25, 0.3) is 0 Å². The van der Waals surface area contributed by atoms with Crippen molar-refractivity contribution >= 4 is 28.7 Å². The van der Waals surface area contributed by atoms with Crippen LogP contribution in [0.15, 0.2) is 29.6 Å². The van der Waals surface area contributed by atoms with Gasteiger partial charge in [0.15, 0.2) is 5.01 Å². The molecule has 0 radical (unpaired) electrons. The van der Waals surface area contributed by atoms with Crippen molar-refractivity contribution in [3.63, 3.8) is 0 Å². The Morgan fingerprint density at radius 2 is 2.06 bits per heavy atom. The van der Waals surface area contributed by atoms with Crippen LogP contribution in [0.25, 0.3) is 11.3 Å². The minimum absolute atomic E-state index is 0.0130. The average molecular weight is 252 g/mol. The molecule has 2 nitrogen and oxygen atoms in total. The molecule has 0 atom stereocenters. The highest BCUT2D eigenvalue weighted by Crippen LogP contribution is 2.22. The Morgan fingerprint density at radius 1 is 1.38 bits per heavy atom. The third kappa shape index (κ3) is 2.31. The number of benzene rings is 1. The van der Waals surface area contributed by atoms with Crippen LogP contribution in [0.5, 0.6) is 0 Å². The Morgan fingerprint density at radius 3 is 2.69 bits per heavy atom. The number of halogens is 1. The van der Waals surface area contributed by atoms with Gasteiger partial charge in [0.2, 0.25) is 5.78 Å². The SMILES string of the molecule is Cc1ccc(-c2csc(C(=O)CCl)n2)cc1. The fourth-order valence-corrected chi connectivity index (χ4v) is 2.29. The number of thiazole rings is 1. The first-order chi connectivity index (χ1) is 7.70. The van der Waals surface area contributed by atoms with E-state index in [2.05, 4.69) is 4.98 Å². The van der Waals surface area contributed by atoms with E-state index in [9.17, 15) is 4.79 Å². The first-order valence-electron chi connectivity index (χ1n) is 4.82. The summed E-state index contributed by atoms with van der Waals surface area (Å²) >= 11 is 6.82. The molecule has 1 aromatic carbocycles. The van der Waals surface area contributed by atoms with Crippen molar-refractivity contribution in [2.75, 3.05) is 5.88 Å². The fourth-order valence-electron chi connectivity index (χ4n) is 1.32. The van der Waals surface area contributed by atoms with Crippen LogP contribution < -0.4 is 0 Å². The number of rotatable bonds is 3. The summed E-state index contributed by atoms with van der Waals surface area (Å²) in [6, 6.07) is 8.05. The molecule has 0 amide bonds. The third-order valence-corrected chi connectivity index (χ3v) is 3.34. The highest BCUT2D eigenvalue weighted by atomic mass is 35.5. The summed E-state index contributed by atoms with van der Waals surface area (Å²) in [5.41, 5.74) is 3.06. The second kappa shape index (κ2) is 4.76. The van der Waals surface area contributed by atoms with Gasteiger partial charge in [-0.25, -0.2) is 4.98 Å². The van der Waals surface area contributed by atoms with E-state index in [1.807, 2.05) is 36.6 Å². The number of hydrogen-bond acceptors (Lipinski definition) is 3. The fraction of sp³-hybridized carbons (Fsp3) is 0.167. The summed E-state index contributed by atoms with van der Waals surface area (Å²) in [5, 5.41) is 2.36. The predicted molar refractivity (Wildman–Crippen MR) is 67.3 cm³/mol.